The van der Waals surface area contributed by atoms with Gasteiger partial charge < -0.3 is 11.5 Å². The highest BCUT2D eigenvalue weighted by Crippen LogP contribution is 2.24. The summed E-state index contributed by atoms with van der Waals surface area (Å²) in [5.74, 6) is 0. The Kier molecular flexibility index (Phi) is 2.54. The topological polar surface area (TPSA) is 64.9 Å². The third kappa shape index (κ3) is 1.50. The minimum Gasteiger partial charge on any atom is -0.397 e. The number of pyridine rings is 1. The summed E-state index contributed by atoms with van der Waals surface area (Å²) in [5.41, 5.74) is 11.0. The van der Waals surface area contributed by atoms with E-state index in [2.05, 4.69) is 4.98 Å². The summed E-state index contributed by atoms with van der Waals surface area (Å²) in [6.07, 6.45) is -0.170. The number of nitrogens with zero attached hydrogens (tertiary/aromatic N) is 1. The van der Waals surface area contributed by atoms with Crippen LogP contribution < -0.4 is 11.5 Å². The summed E-state index contributed by atoms with van der Waals surface area (Å²) in [4.78, 5) is 3.55. The molecule has 4 N–H and O–H groups in total. The van der Waals surface area contributed by atoms with Crippen molar-refractivity contribution in [3.63, 3.8) is 0 Å². The van der Waals surface area contributed by atoms with Crippen LogP contribution in [0.1, 0.15) is 17.6 Å². The quantitative estimate of drug-likeness (QED) is 0.702. The van der Waals surface area contributed by atoms with Crippen LogP contribution in [0, 0.1) is 0 Å². The molecule has 0 radical (unpaired) electrons. The predicted molar refractivity (Wildman–Crippen MR) is 41.5 cm³/mol. The van der Waals surface area contributed by atoms with Crippen LogP contribution >= 0.6 is 0 Å². The Balaban J connectivity index is 3.18. The molecular weight excluding hydrogens is 164 g/mol. The molecule has 0 spiro atoms. The molecule has 3 nitrogen and oxygen atoms in total. The highest BCUT2D eigenvalue weighted by molar-refractivity contribution is 5.48. The number of anilines is 1. The van der Waals surface area contributed by atoms with Crippen LogP contribution in [0.5, 0.6) is 0 Å². The average molecular weight is 173 g/mol. The maximum absolute atomic E-state index is 12.2. The highest BCUT2D eigenvalue weighted by atomic mass is 19.3. The summed E-state index contributed by atoms with van der Waals surface area (Å²) in [6, 6.07) is 0. The van der Waals surface area contributed by atoms with E-state index in [1.165, 1.54) is 6.20 Å². The Bertz CT molecular complexity index is 275. The van der Waals surface area contributed by atoms with Crippen molar-refractivity contribution >= 4 is 5.69 Å². The fourth-order valence-corrected chi connectivity index (χ4v) is 0.944. The molecule has 0 bridgehead atoms. The van der Waals surface area contributed by atoms with Crippen LogP contribution in [-0.2, 0) is 6.54 Å². The molecule has 1 heterocycles. The molecule has 0 aliphatic carbocycles. The Morgan fingerprint density at radius 2 is 2.08 bits per heavy atom. The minimum atomic E-state index is -2.57. The zero-order chi connectivity index (χ0) is 9.14. The lowest BCUT2D eigenvalue weighted by atomic mass is 10.1. The molecule has 1 aromatic rings. The SMILES string of the molecule is NCc1c(N)cncc1C(F)F. The van der Waals surface area contributed by atoms with Crippen molar-refractivity contribution in [3.05, 3.63) is 23.5 Å². The molecule has 0 aliphatic rings. The van der Waals surface area contributed by atoms with Gasteiger partial charge in [0.2, 0.25) is 0 Å². The monoisotopic (exact) mass is 173 g/mol. The molecule has 0 fully saturated rings. The molecule has 0 aliphatic heterocycles. The number of aromatic nitrogens is 1. The zero-order valence-corrected chi connectivity index (χ0v) is 6.30. The number of rotatable bonds is 2. The first kappa shape index (κ1) is 8.86. The fraction of sp³-hybridized carbons (Fsp3) is 0.286. The molecule has 0 atom stereocenters. The standard InChI is InChI=1S/C7H9F2N3/c8-7(9)5-2-12-3-6(11)4(5)1-10/h2-3,7H,1,10-11H2. The Morgan fingerprint density at radius 3 is 2.50 bits per heavy atom. The van der Waals surface area contributed by atoms with Crippen LogP contribution in [0.25, 0.3) is 0 Å². The number of nitrogen functional groups attached to an aromatic ring is 1. The van der Waals surface area contributed by atoms with Crippen molar-refractivity contribution in [1.82, 2.24) is 4.98 Å². The van der Waals surface area contributed by atoms with Gasteiger partial charge in [-0.1, -0.05) is 0 Å². The molecule has 0 saturated heterocycles. The van der Waals surface area contributed by atoms with Crippen molar-refractivity contribution in [2.24, 2.45) is 5.73 Å². The zero-order valence-electron chi connectivity index (χ0n) is 6.30. The number of alkyl halides is 2. The smallest absolute Gasteiger partial charge is 0.265 e. The molecule has 5 heteroatoms. The lowest BCUT2D eigenvalue weighted by Gasteiger charge is -2.07. The summed E-state index contributed by atoms with van der Waals surface area (Å²) in [7, 11) is 0. The first-order chi connectivity index (χ1) is 5.66. The molecular formula is C7H9F2N3. The van der Waals surface area contributed by atoms with Gasteiger partial charge in [0.15, 0.2) is 0 Å². The normalized spacial score (nSPS) is 10.7. The van der Waals surface area contributed by atoms with E-state index in [-0.39, 0.29) is 23.4 Å². The van der Waals surface area contributed by atoms with Gasteiger partial charge in [-0.3, -0.25) is 4.98 Å². The molecule has 66 valence electrons. The van der Waals surface area contributed by atoms with E-state index < -0.39 is 6.43 Å². The number of hydrogen-bond donors (Lipinski definition) is 2. The Morgan fingerprint density at radius 1 is 1.42 bits per heavy atom. The van der Waals surface area contributed by atoms with Gasteiger partial charge in [-0.15, -0.1) is 0 Å². The Labute approximate surface area is 68.4 Å². The second-order valence-electron chi connectivity index (χ2n) is 2.30. The van der Waals surface area contributed by atoms with Crippen molar-refractivity contribution in [3.8, 4) is 0 Å². The molecule has 12 heavy (non-hydrogen) atoms. The molecule has 0 aromatic carbocycles. The van der Waals surface area contributed by atoms with E-state index in [1.54, 1.807) is 0 Å². The highest BCUT2D eigenvalue weighted by Gasteiger charge is 2.13. The summed E-state index contributed by atoms with van der Waals surface area (Å²) < 4.78 is 24.5. The number of halogens is 2. The predicted octanol–water partition coefficient (Wildman–Crippen LogP) is 1.06. The van der Waals surface area contributed by atoms with Crippen molar-refractivity contribution < 1.29 is 8.78 Å². The largest absolute Gasteiger partial charge is 0.397 e. The van der Waals surface area contributed by atoms with E-state index in [0.29, 0.717) is 0 Å². The van der Waals surface area contributed by atoms with Gasteiger partial charge in [0.05, 0.1) is 11.9 Å². The summed E-state index contributed by atoms with van der Waals surface area (Å²) in [6.45, 7) is 0.00796. The fourth-order valence-electron chi connectivity index (χ4n) is 0.944. The maximum Gasteiger partial charge on any atom is 0.265 e. The summed E-state index contributed by atoms with van der Waals surface area (Å²) >= 11 is 0. The molecule has 1 rings (SSSR count). The average Bonchev–Trinajstić information content (AvgIpc) is 2.03. The third-order valence-corrected chi connectivity index (χ3v) is 1.56. The van der Waals surface area contributed by atoms with E-state index in [9.17, 15) is 8.78 Å². The van der Waals surface area contributed by atoms with Crippen molar-refractivity contribution in [2.45, 2.75) is 13.0 Å². The molecule has 0 saturated carbocycles. The minimum absolute atomic E-state index is 0.00796. The maximum atomic E-state index is 12.2. The van der Waals surface area contributed by atoms with E-state index >= 15 is 0 Å². The van der Waals surface area contributed by atoms with Crippen LogP contribution in [0.3, 0.4) is 0 Å². The molecule has 1 aromatic heterocycles. The number of nitrogens with two attached hydrogens (primary N) is 2. The van der Waals surface area contributed by atoms with Gasteiger partial charge in [-0.05, 0) is 0 Å². The van der Waals surface area contributed by atoms with Gasteiger partial charge in [0.25, 0.3) is 6.43 Å². The van der Waals surface area contributed by atoms with Gasteiger partial charge in [0, 0.05) is 23.9 Å². The summed E-state index contributed by atoms with van der Waals surface area (Å²) in [5, 5.41) is 0. The van der Waals surface area contributed by atoms with E-state index in [4.69, 9.17) is 11.5 Å². The first-order valence-corrected chi connectivity index (χ1v) is 3.37. The van der Waals surface area contributed by atoms with Crippen molar-refractivity contribution in [1.29, 1.82) is 0 Å². The molecule has 0 amide bonds. The lowest BCUT2D eigenvalue weighted by molar-refractivity contribution is 0.150. The van der Waals surface area contributed by atoms with Crippen LogP contribution in [0.4, 0.5) is 14.5 Å². The Hall–Kier alpha value is -1.23. The van der Waals surface area contributed by atoms with Gasteiger partial charge in [-0.25, -0.2) is 8.78 Å². The third-order valence-electron chi connectivity index (χ3n) is 1.56. The first-order valence-electron chi connectivity index (χ1n) is 3.37. The second kappa shape index (κ2) is 3.44. The lowest BCUT2D eigenvalue weighted by Crippen LogP contribution is -2.06. The van der Waals surface area contributed by atoms with Gasteiger partial charge >= 0.3 is 0 Å². The van der Waals surface area contributed by atoms with Crippen LogP contribution in [-0.4, -0.2) is 4.98 Å². The van der Waals surface area contributed by atoms with E-state index in [0.717, 1.165) is 6.20 Å². The number of hydrogen-bond acceptors (Lipinski definition) is 3. The molecule has 0 unspecified atom stereocenters. The van der Waals surface area contributed by atoms with Crippen LogP contribution in [0.2, 0.25) is 0 Å². The second-order valence-corrected chi connectivity index (χ2v) is 2.30. The van der Waals surface area contributed by atoms with Crippen molar-refractivity contribution in [2.75, 3.05) is 5.73 Å². The van der Waals surface area contributed by atoms with Gasteiger partial charge in [-0.2, -0.15) is 0 Å². The van der Waals surface area contributed by atoms with E-state index in [1.807, 2.05) is 0 Å². The van der Waals surface area contributed by atoms with Gasteiger partial charge in [0.1, 0.15) is 0 Å². The van der Waals surface area contributed by atoms with Crippen LogP contribution in [0.15, 0.2) is 12.4 Å².